The summed E-state index contributed by atoms with van der Waals surface area (Å²) in [6.07, 6.45) is 15.9. The molecule has 5 fully saturated rings. The molecule has 0 spiro atoms. The summed E-state index contributed by atoms with van der Waals surface area (Å²) >= 11 is 0. The highest BCUT2D eigenvalue weighted by Crippen LogP contribution is 2.19. The number of likely N-dealkylation sites (tertiary alicyclic amines) is 3. The Kier molecular flexibility index (Phi) is 52.3. The smallest absolute Gasteiger partial charge is 0.132 e. The summed E-state index contributed by atoms with van der Waals surface area (Å²) in [6, 6.07) is 9.75. The molecule has 598 valence electrons. The predicted octanol–water partition coefficient (Wildman–Crippen LogP) is 4.88. The van der Waals surface area contributed by atoms with Gasteiger partial charge in [0, 0.05) is 166 Å². The van der Waals surface area contributed by atoms with Gasteiger partial charge in [0.05, 0.1) is 33.4 Å². The highest BCUT2D eigenvalue weighted by atomic mass is 16.5. The van der Waals surface area contributed by atoms with Crippen LogP contribution in [0, 0.1) is 52.4 Å². The van der Waals surface area contributed by atoms with Crippen molar-refractivity contribution in [1.82, 2.24) is 115 Å². The molecule has 5 aliphatic heterocycles. The van der Waals surface area contributed by atoms with Crippen LogP contribution < -0.4 is 41.7 Å². The fourth-order valence-electron chi connectivity index (χ4n) is 11.3. The fourth-order valence-corrected chi connectivity index (χ4v) is 11.3. The van der Waals surface area contributed by atoms with Crippen molar-refractivity contribution in [3.8, 4) is 0 Å². The number of anilines is 5. The third-order valence-corrected chi connectivity index (χ3v) is 17.7. The standard InChI is InChI=1S/C12H20N4.C9H16N4.C9H20N2.2C8H14N4.C8H17NO.C7H12N4.C7H17N3.C7H16N2O/c1-10-7-12(15-9-14-10)13-8-11-3-5-16(2)6-4-11;1-8-5-9(11-6-10-8)13(4)7-12(2)3;1-10(2)8-9-4-6-11(3)7-5-9;1-7-4-8(10-5-9-7)11-6-12(2)3;1-7-4-8(11-5-10-7)12(3)6-9-2;1-9-5-3-8(4-6-9)7-10-2;1-6-3-7(10-4-8-2)11-5-9-6;1-8-7-10-5-3-9(2)4-6-10;1-8-3-5-9(6-4-8)7-10-2/h7,9,11H,3-6,8H2,1-2H3,(H,13,14,15);5-6H,7H2,1-4H3;9H,4-8H2,1-3H3;4-5H,6H2,1-3H3,(H,9,10,11);4-5,9H,6H2,1-3H3;8H,3-7H2,1-2H3;3,5,8H,4H2,1-2H3,(H,9,10,11);8H,3-7H2,1-2H3;3-7H2,1-2H3. The molecule has 30 nitrogen and oxygen atoms in total. The van der Waals surface area contributed by atoms with Gasteiger partial charge in [0.2, 0.25) is 0 Å². The number of hydrogen-bond donors (Lipinski definition) is 6. The maximum Gasteiger partial charge on any atom is 0.132 e. The van der Waals surface area contributed by atoms with Crippen molar-refractivity contribution in [2.75, 3.05) is 304 Å². The van der Waals surface area contributed by atoms with E-state index in [0.717, 1.165) is 142 Å². The van der Waals surface area contributed by atoms with Gasteiger partial charge in [-0.2, -0.15) is 0 Å². The molecule has 0 aliphatic carbocycles. The van der Waals surface area contributed by atoms with E-state index in [9.17, 15) is 0 Å². The Balaban J connectivity index is 0.000000403. The van der Waals surface area contributed by atoms with E-state index in [4.69, 9.17) is 9.47 Å². The average molecular weight is 1470 g/mol. The molecule has 0 unspecified atom stereocenters. The summed E-state index contributed by atoms with van der Waals surface area (Å²) in [7, 11) is 36.6. The number of methoxy groups -OCH3 is 2. The Morgan fingerprint density at radius 1 is 0.381 bits per heavy atom. The molecule has 5 saturated heterocycles. The molecule has 30 heteroatoms. The third-order valence-electron chi connectivity index (χ3n) is 17.7. The van der Waals surface area contributed by atoms with Gasteiger partial charge < -0.3 is 80.6 Å². The van der Waals surface area contributed by atoms with E-state index in [1.165, 1.54) is 124 Å². The van der Waals surface area contributed by atoms with Gasteiger partial charge in [0.1, 0.15) is 60.7 Å². The summed E-state index contributed by atoms with van der Waals surface area (Å²) in [5, 5.41) is 18.8. The van der Waals surface area contributed by atoms with Crippen molar-refractivity contribution in [3.05, 3.63) is 90.4 Å². The molecule has 0 radical (unpaired) electrons. The van der Waals surface area contributed by atoms with E-state index in [1.54, 1.807) is 45.9 Å². The second-order valence-electron chi connectivity index (χ2n) is 29.0. The summed E-state index contributed by atoms with van der Waals surface area (Å²) < 4.78 is 10.1. The van der Waals surface area contributed by atoms with Crippen LogP contribution in [0.1, 0.15) is 67.0 Å². The highest BCUT2D eigenvalue weighted by Gasteiger charge is 2.19. The van der Waals surface area contributed by atoms with Gasteiger partial charge in [0.25, 0.3) is 0 Å². The number of rotatable bonds is 23. The largest absolute Gasteiger partial charge is 0.384 e. The fraction of sp³-hybridized carbons (Fsp3) is 0.733. The van der Waals surface area contributed by atoms with Crippen LogP contribution in [-0.2, 0) is 9.47 Å². The quantitative estimate of drug-likeness (QED) is 0.0477. The second kappa shape index (κ2) is 57.9. The first kappa shape index (κ1) is 94.9. The van der Waals surface area contributed by atoms with E-state index in [2.05, 4.69) is 180 Å². The zero-order valence-corrected chi connectivity index (χ0v) is 69.7. The zero-order chi connectivity index (χ0) is 77.7. The first-order chi connectivity index (χ1) is 50.2. The molecule has 6 N–H and O–H groups in total. The van der Waals surface area contributed by atoms with Gasteiger partial charge in [-0.1, -0.05) is 0 Å². The lowest BCUT2D eigenvalue weighted by Gasteiger charge is -2.31. The lowest BCUT2D eigenvalue weighted by Crippen LogP contribution is -2.47. The van der Waals surface area contributed by atoms with Crippen LogP contribution in [0.25, 0.3) is 0 Å². The summed E-state index contributed by atoms with van der Waals surface area (Å²) in [6.45, 7) is 35.0. The number of nitrogens with one attached hydrogen (secondary N) is 6. The predicted molar refractivity (Wildman–Crippen MR) is 436 cm³/mol. The Morgan fingerprint density at radius 2 is 0.771 bits per heavy atom. The van der Waals surface area contributed by atoms with Crippen molar-refractivity contribution >= 4 is 29.1 Å². The topological polar surface area (TPSA) is 258 Å². The first-order valence-electron chi connectivity index (χ1n) is 37.5. The minimum absolute atomic E-state index is 0.719. The van der Waals surface area contributed by atoms with E-state index in [0.29, 0.717) is 0 Å². The maximum absolute atomic E-state index is 5.10. The maximum atomic E-state index is 5.10. The molecule has 0 saturated carbocycles. The van der Waals surface area contributed by atoms with E-state index < -0.39 is 0 Å². The Labute approximate surface area is 636 Å². The molecule has 0 atom stereocenters. The van der Waals surface area contributed by atoms with Crippen molar-refractivity contribution in [2.24, 2.45) is 17.8 Å². The molecule has 0 aromatic carbocycles. The van der Waals surface area contributed by atoms with Gasteiger partial charge >= 0.3 is 0 Å². The molecule has 10 rings (SSSR count). The van der Waals surface area contributed by atoms with Crippen LogP contribution >= 0.6 is 0 Å². The Hall–Kier alpha value is -6.20. The molecule has 5 aliphatic rings. The van der Waals surface area contributed by atoms with Gasteiger partial charge in [-0.05, 0) is 229 Å². The normalized spacial score (nSPS) is 16.6. The molecule has 10 heterocycles. The number of nitrogens with zero attached hydrogens (tertiary/aromatic N) is 22. The van der Waals surface area contributed by atoms with Crippen molar-refractivity contribution < 1.29 is 9.47 Å². The lowest BCUT2D eigenvalue weighted by atomic mass is 9.97. The van der Waals surface area contributed by atoms with Gasteiger partial charge in [-0.3, -0.25) is 19.6 Å². The highest BCUT2D eigenvalue weighted by molar-refractivity contribution is 5.38. The Bertz CT molecular complexity index is 2810. The van der Waals surface area contributed by atoms with Crippen molar-refractivity contribution in [2.45, 2.75) is 73.1 Å². The summed E-state index contributed by atoms with van der Waals surface area (Å²) in [5.74, 6) is 7.13. The van der Waals surface area contributed by atoms with Crippen LogP contribution in [0.5, 0.6) is 0 Å². The molecule has 5 aromatic rings. The van der Waals surface area contributed by atoms with E-state index in [1.807, 2.05) is 138 Å². The van der Waals surface area contributed by atoms with Gasteiger partial charge in [-0.15, -0.1) is 0 Å². The summed E-state index contributed by atoms with van der Waals surface area (Å²) in [4.78, 5) is 67.9. The number of piperidine rings is 3. The van der Waals surface area contributed by atoms with E-state index >= 15 is 0 Å². The number of aromatic nitrogens is 10. The monoisotopic (exact) mass is 1470 g/mol. The number of likely N-dealkylation sites (N-methyl/N-ethyl adjacent to an activating group) is 2. The molecule has 0 amide bonds. The number of ether oxygens (including phenoxy) is 2. The van der Waals surface area contributed by atoms with Crippen LogP contribution in [0.2, 0.25) is 0 Å². The number of hydrogen-bond acceptors (Lipinski definition) is 30. The number of piperazine rings is 2. The van der Waals surface area contributed by atoms with Crippen molar-refractivity contribution in [3.63, 3.8) is 0 Å². The molecule has 5 aromatic heterocycles. The van der Waals surface area contributed by atoms with Crippen LogP contribution in [0.3, 0.4) is 0 Å². The number of aryl methyl sites for hydroxylation is 5. The summed E-state index contributed by atoms with van der Waals surface area (Å²) in [5.41, 5.74) is 4.95. The van der Waals surface area contributed by atoms with Crippen molar-refractivity contribution in [1.29, 1.82) is 0 Å². The third kappa shape index (κ3) is 48.7. The van der Waals surface area contributed by atoms with Crippen LogP contribution in [0.15, 0.2) is 62.0 Å². The van der Waals surface area contributed by atoms with Gasteiger partial charge in [0.15, 0.2) is 0 Å². The average Bonchev–Trinajstić information content (AvgIpc) is 0.904. The Morgan fingerprint density at radius 3 is 1.15 bits per heavy atom. The van der Waals surface area contributed by atoms with Crippen LogP contribution in [0.4, 0.5) is 29.1 Å². The zero-order valence-electron chi connectivity index (χ0n) is 69.7. The molecular weight excluding hydrogens is 1330 g/mol. The first-order valence-corrected chi connectivity index (χ1v) is 37.5. The lowest BCUT2D eigenvalue weighted by molar-refractivity contribution is 0.0328. The molecule has 0 bridgehead atoms. The van der Waals surface area contributed by atoms with Crippen LogP contribution in [-0.4, -0.2) is 377 Å². The van der Waals surface area contributed by atoms with E-state index in [-0.39, 0.29) is 0 Å². The second-order valence-corrected chi connectivity index (χ2v) is 29.0. The minimum atomic E-state index is 0.719. The SMILES string of the molecule is CN(C)CC1CCN(C)CC1.CNCN(C)c1cc(C)ncn1.CNCN1CCN(C)CC1.CNCNc1cc(C)ncn1.COCC1CCN(C)CC1.COCN1CCN(C)CC1.Cc1cc(N(C)CN(C)C)ncn1.Cc1cc(NCC2CCN(C)CC2)ncn1.Cc1cc(NCN(C)C)ncn1. The minimum Gasteiger partial charge on any atom is -0.384 e. The molecule has 105 heavy (non-hydrogen) atoms. The molecular formula is C75H146N28O2. The van der Waals surface area contributed by atoms with Gasteiger partial charge in [-0.25, -0.2) is 49.8 Å².